The largest absolute Gasteiger partial charge is 0.374 e. The molecule has 2 fully saturated rings. The number of likely N-dealkylation sites (tertiary alicyclic amines) is 1. The van der Waals surface area contributed by atoms with Crippen molar-refractivity contribution in [2.75, 3.05) is 13.1 Å². The number of amides is 1. The van der Waals surface area contributed by atoms with Gasteiger partial charge in [-0.2, -0.15) is 0 Å². The van der Waals surface area contributed by atoms with E-state index < -0.39 is 0 Å². The van der Waals surface area contributed by atoms with E-state index in [0.717, 1.165) is 57.3 Å². The fourth-order valence-corrected chi connectivity index (χ4v) is 4.04. The van der Waals surface area contributed by atoms with E-state index in [4.69, 9.17) is 4.74 Å². The van der Waals surface area contributed by atoms with Gasteiger partial charge in [-0.25, -0.2) is 4.68 Å². The van der Waals surface area contributed by atoms with E-state index in [1.54, 1.807) is 0 Å². The molecule has 2 aliphatic heterocycles. The van der Waals surface area contributed by atoms with Crippen molar-refractivity contribution in [3.8, 4) is 11.8 Å². The second-order valence-electron chi connectivity index (χ2n) is 8.76. The number of hydrogen-bond acceptors (Lipinski definition) is 4. The van der Waals surface area contributed by atoms with Crippen LogP contribution in [-0.2, 0) is 9.53 Å². The Morgan fingerprint density at radius 3 is 2.71 bits per heavy atom. The standard InChI is InChI=1S/C22H34N4O2/c1-16(2)8-7-9-19-15-26(24-23-19)17(3)14-20-10-11-21(28-20)18(4)22(27)25-12-5-6-13-25/h15-18,20-21H,5-6,8,10-14H2,1-4H3/t17-,18-,20+,21-/m1/s1. The van der Waals surface area contributed by atoms with E-state index in [-0.39, 0.29) is 30.1 Å². The molecular formula is C22H34N4O2. The highest BCUT2D eigenvalue weighted by Crippen LogP contribution is 2.31. The molecule has 0 radical (unpaired) electrons. The van der Waals surface area contributed by atoms with Crippen LogP contribution in [0.5, 0.6) is 0 Å². The third-order valence-corrected chi connectivity index (χ3v) is 5.80. The monoisotopic (exact) mass is 386 g/mol. The quantitative estimate of drug-likeness (QED) is 0.703. The maximum Gasteiger partial charge on any atom is 0.228 e. The van der Waals surface area contributed by atoms with Gasteiger partial charge in [-0.3, -0.25) is 4.79 Å². The van der Waals surface area contributed by atoms with Crippen molar-refractivity contribution in [2.45, 2.75) is 84.5 Å². The summed E-state index contributed by atoms with van der Waals surface area (Å²) in [6, 6.07) is 0.196. The minimum Gasteiger partial charge on any atom is -0.374 e. The minimum absolute atomic E-state index is 0.0403. The second kappa shape index (κ2) is 9.56. The lowest BCUT2D eigenvalue weighted by atomic mass is 9.99. The van der Waals surface area contributed by atoms with Gasteiger partial charge >= 0.3 is 0 Å². The molecule has 6 heteroatoms. The van der Waals surface area contributed by atoms with Crippen LogP contribution in [0.3, 0.4) is 0 Å². The Labute approximate surface area is 169 Å². The zero-order valence-corrected chi connectivity index (χ0v) is 17.7. The first-order valence-corrected chi connectivity index (χ1v) is 10.8. The van der Waals surface area contributed by atoms with Gasteiger partial charge < -0.3 is 9.64 Å². The summed E-state index contributed by atoms with van der Waals surface area (Å²) in [5, 5.41) is 8.41. The number of nitrogens with zero attached hydrogens (tertiary/aromatic N) is 4. The van der Waals surface area contributed by atoms with Crippen molar-refractivity contribution in [2.24, 2.45) is 11.8 Å². The molecule has 1 aromatic rings. The maximum atomic E-state index is 12.6. The summed E-state index contributed by atoms with van der Waals surface area (Å²) in [5.41, 5.74) is 0.725. The first-order chi connectivity index (χ1) is 13.4. The van der Waals surface area contributed by atoms with Crippen LogP contribution in [0, 0.1) is 23.7 Å². The summed E-state index contributed by atoms with van der Waals surface area (Å²) >= 11 is 0. The second-order valence-corrected chi connectivity index (χ2v) is 8.76. The van der Waals surface area contributed by atoms with Crippen molar-refractivity contribution in [1.29, 1.82) is 0 Å². The fraction of sp³-hybridized carbons (Fsp3) is 0.773. The predicted molar refractivity (Wildman–Crippen MR) is 109 cm³/mol. The van der Waals surface area contributed by atoms with Crippen LogP contribution < -0.4 is 0 Å². The van der Waals surface area contributed by atoms with Gasteiger partial charge in [-0.1, -0.05) is 31.9 Å². The highest BCUT2D eigenvalue weighted by molar-refractivity contribution is 5.79. The highest BCUT2D eigenvalue weighted by Gasteiger charge is 2.36. The molecular weight excluding hydrogens is 352 g/mol. The van der Waals surface area contributed by atoms with Crippen molar-refractivity contribution >= 4 is 5.91 Å². The van der Waals surface area contributed by atoms with Crippen molar-refractivity contribution in [3.63, 3.8) is 0 Å². The molecule has 0 N–H and O–H groups in total. The van der Waals surface area contributed by atoms with Gasteiger partial charge in [0.2, 0.25) is 5.91 Å². The zero-order valence-electron chi connectivity index (χ0n) is 17.7. The molecule has 2 aliphatic rings. The summed E-state index contributed by atoms with van der Waals surface area (Å²) in [6.07, 6.45) is 8.11. The number of rotatable bonds is 6. The smallest absolute Gasteiger partial charge is 0.228 e. The summed E-state index contributed by atoms with van der Waals surface area (Å²) < 4.78 is 8.14. The molecule has 1 amide bonds. The lowest BCUT2D eigenvalue weighted by molar-refractivity contribution is -0.138. The molecule has 6 nitrogen and oxygen atoms in total. The van der Waals surface area contributed by atoms with E-state index in [9.17, 15) is 4.79 Å². The molecule has 0 aliphatic carbocycles. The summed E-state index contributed by atoms with van der Waals surface area (Å²) in [7, 11) is 0. The van der Waals surface area contributed by atoms with Crippen LogP contribution in [0.1, 0.15) is 78.0 Å². The first-order valence-electron chi connectivity index (χ1n) is 10.8. The summed E-state index contributed by atoms with van der Waals surface area (Å²) in [6.45, 7) is 10.3. The van der Waals surface area contributed by atoms with Gasteiger partial charge in [-0.05, 0) is 50.9 Å². The van der Waals surface area contributed by atoms with E-state index in [0.29, 0.717) is 5.92 Å². The normalized spacial score (nSPS) is 24.2. The Morgan fingerprint density at radius 2 is 2.00 bits per heavy atom. The Balaban J connectivity index is 1.48. The van der Waals surface area contributed by atoms with E-state index in [1.807, 2.05) is 22.7 Å². The molecule has 0 unspecified atom stereocenters. The Hall–Kier alpha value is -1.87. The lowest BCUT2D eigenvalue weighted by Crippen LogP contribution is -2.38. The molecule has 0 aromatic carbocycles. The third kappa shape index (κ3) is 5.35. The molecule has 0 spiro atoms. The molecule has 1 aromatic heterocycles. The maximum absolute atomic E-state index is 12.6. The van der Waals surface area contributed by atoms with E-state index >= 15 is 0 Å². The van der Waals surface area contributed by atoms with Crippen molar-refractivity contribution < 1.29 is 9.53 Å². The Bertz CT molecular complexity index is 712. The average Bonchev–Trinajstić information content (AvgIpc) is 3.41. The van der Waals surface area contributed by atoms with Crippen molar-refractivity contribution in [3.05, 3.63) is 11.9 Å². The van der Waals surface area contributed by atoms with Gasteiger partial charge in [0.1, 0.15) is 0 Å². The van der Waals surface area contributed by atoms with Crippen LogP contribution in [-0.4, -0.2) is 51.1 Å². The number of ether oxygens (including phenoxy) is 1. The van der Waals surface area contributed by atoms with Crippen LogP contribution >= 0.6 is 0 Å². The number of hydrogen-bond donors (Lipinski definition) is 0. The highest BCUT2D eigenvalue weighted by atomic mass is 16.5. The lowest BCUT2D eigenvalue weighted by Gasteiger charge is -2.25. The molecule has 0 bridgehead atoms. The summed E-state index contributed by atoms with van der Waals surface area (Å²) in [4.78, 5) is 14.6. The molecule has 2 saturated heterocycles. The number of carbonyl (C=O) groups excluding carboxylic acids is 1. The van der Waals surface area contributed by atoms with Crippen LogP contribution in [0.15, 0.2) is 6.20 Å². The van der Waals surface area contributed by atoms with E-state index in [2.05, 4.69) is 42.9 Å². The molecule has 154 valence electrons. The van der Waals surface area contributed by atoms with E-state index in [1.165, 1.54) is 0 Å². The van der Waals surface area contributed by atoms with Crippen LogP contribution in [0.25, 0.3) is 0 Å². The fourth-order valence-electron chi connectivity index (χ4n) is 4.04. The van der Waals surface area contributed by atoms with Gasteiger partial charge in [0.25, 0.3) is 0 Å². The van der Waals surface area contributed by atoms with Gasteiger partial charge in [-0.15, -0.1) is 5.10 Å². The zero-order chi connectivity index (χ0) is 20.1. The molecule has 0 saturated carbocycles. The first kappa shape index (κ1) is 20.9. The summed E-state index contributed by atoms with van der Waals surface area (Å²) in [5.74, 6) is 7.02. The van der Waals surface area contributed by atoms with Crippen LogP contribution in [0.2, 0.25) is 0 Å². The third-order valence-electron chi connectivity index (χ3n) is 5.80. The van der Waals surface area contributed by atoms with Gasteiger partial charge in [0.05, 0.1) is 30.4 Å². The SMILES string of the molecule is CC(C)CC#Cc1cn([C@H](C)C[C@@H]2CC[C@H]([C@@H](C)C(=O)N3CCCC3)O2)nn1. The number of aromatic nitrogens is 3. The molecule has 28 heavy (non-hydrogen) atoms. The van der Waals surface area contributed by atoms with Crippen molar-refractivity contribution in [1.82, 2.24) is 19.9 Å². The topological polar surface area (TPSA) is 60.2 Å². The Kier molecular flexibility index (Phi) is 7.12. The molecule has 3 rings (SSSR count). The molecule has 3 heterocycles. The van der Waals surface area contributed by atoms with Gasteiger partial charge in [0.15, 0.2) is 5.69 Å². The Morgan fingerprint density at radius 1 is 1.25 bits per heavy atom. The minimum atomic E-state index is -0.0485. The van der Waals surface area contributed by atoms with Crippen LogP contribution in [0.4, 0.5) is 0 Å². The molecule has 4 atom stereocenters. The average molecular weight is 387 g/mol. The van der Waals surface area contributed by atoms with Gasteiger partial charge in [0, 0.05) is 19.5 Å². The predicted octanol–water partition coefficient (Wildman–Crippen LogP) is 3.43. The number of carbonyl (C=O) groups is 1.